The van der Waals surface area contributed by atoms with E-state index < -0.39 is 10.0 Å². The van der Waals surface area contributed by atoms with Gasteiger partial charge in [-0.25, -0.2) is 12.7 Å². The van der Waals surface area contributed by atoms with Crippen molar-refractivity contribution >= 4 is 10.0 Å². The Kier molecular flexibility index (Phi) is 5.18. The highest BCUT2D eigenvalue weighted by atomic mass is 32.2. The third kappa shape index (κ3) is 4.30. The Labute approximate surface area is 122 Å². The highest BCUT2D eigenvalue weighted by Crippen LogP contribution is 2.19. The standard InChI is InChI=1S/C15H24N2O2S/c1-13(15-8-4-3-5-9-15)16-11-14-7-6-10-17(12-14)20(2,18)19/h3-5,8-9,13-14,16H,6-7,10-12H2,1-2H3. The quantitative estimate of drug-likeness (QED) is 0.904. The molecule has 2 unspecified atom stereocenters. The average molecular weight is 296 g/mol. The van der Waals surface area contributed by atoms with Crippen LogP contribution in [-0.4, -0.2) is 38.6 Å². The van der Waals surface area contributed by atoms with Gasteiger partial charge < -0.3 is 5.32 Å². The number of rotatable bonds is 5. The van der Waals surface area contributed by atoms with Crippen LogP contribution in [0.5, 0.6) is 0 Å². The maximum Gasteiger partial charge on any atom is 0.211 e. The minimum absolute atomic E-state index is 0.296. The van der Waals surface area contributed by atoms with Gasteiger partial charge in [-0.05, 0) is 37.8 Å². The fourth-order valence-corrected chi connectivity index (χ4v) is 3.64. The summed E-state index contributed by atoms with van der Waals surface area (Å²) >= 11 is 0. The van der Waals surface area contributed by atoms with Gasteiger partial charge in [-0.15, -0.1) is 0 Å². The highest BCUT2D eigenvalue weighted by Gasteiger charge is 2.25. The van der Waals surface area contributed by atoms with E-state index in [2.05, 4.69) is 24.4 Å². The molecule has 0 aliphatic carbocycles. The Morgan fingerprint density at radius 3 is 2.70 bits per heavy atom. The molecule has 0 spiro atoms. The van der Waals surface area contributed by atoms with E-state index in [0.29, 0.717) is 25.0 Å². The van der Waals surface area contributed by atoms with E-state index >= 15 is 0 Å². The lowest BCUT2D eigenvalue weighted by Gasteiger charge is -2.31. The van der Waals surface area contributed by atoms with E-state index in [1.165, 1.54) is 11.8 Å². The van der Waals surface area contributed by atoms with Crippen molar-refractivity contribution in [3.05, 3.63) is 35.9 Å². The average Bonchev–Trinajstić information content (AvgIpc) is 2.45. The molecule has 4 nitrogen and oxygen atoms in total. The lowest BCUT2D eigenvalue weighted by molar-refractivity contribution is 0.257. The van der Waals surface area contributed by atoms with Gasteiger partial charge in [0.15, 0.2) is 0 Å². The van der Waals surface area contributed by atoms with E-state index in [1.807, 2.05) is 18.2 Å². The van der Waals surface area contributed by atoms with Gasteiger partial charge in [0.1, 0.15) is 0 Å². The minimum atomic E-state index is -3.04. The third-order valence-corrected chi connectivity index (χ3v) is 5.23. The zero-order valence-corrected chi connectivity index (χ0v) is 13.1. The van der Waals surface area contributed by atoms with Gasteiger partial charge in [-0.1, -0.05) is 30.3 Å². The fraction of sp³-hybridized carbons (Fsp3) is 0.600. The molecule has 1 heterocycles. The Morgan fingerprint density at radius 2 is 2.05 bits per heavy atom. The van der Waals surface area contributed by atoms with Gasteiger partial charge in [-0.2, -0.15) is 0 Å². The molecule has 1 aromatic carbocycles. The zero-order chi connectivity index (χ0) is 14.6. The second-order valence-electron chi connectivity index (χ2n) is 5.67. The van der Waals surface area contributed by atoms with Gasteiger partial charge in [0.25, 0.3) is 0 Å². The van der Waals surface area contributed by atoms with Crippen molar-refractivity contribution in [3.8, 4) is 0 Å². The first-order chi connectivity index (χ1) is 9.47. The number of nitrogens with zero attached hydrogens (tertiary/aromatic N) is 1. The number of sulfonamides is 1. The van der Waals surface area contributed by atoms with Crippen LogP contribution in [0, 0.1) is 5.92 Å². The molecule has 1 aliphatic rings. The molecule has 0 aromatic heterocycles. The summed E-state index contributed by atoms with van der Waals surface area (Å²) in [5, 5.41) is 3.52. The van der Waals surface area contributed by atoms with Crippen LogP contribution in [0.25, 0.3) is 0 Å². The van der Waals surface area contributed by atoms with Crippen LogP contribution in [0.3, 0.4) is 0 Å². The van der Waals surface area contributed by atoms with Crippen molar-refractivity contribution in [1.82, 2.24) is 9.62 Å². The molecule has 112 valence electrons. The lowest BCUT2D eigenvalue weighted by Crippen LogP contribution is -2.42. The lowest BCUT2D eigenvalue weighted by atomic mass is 9.99. The molecule has 5 heteroatoms. The Balaban J connectivity index is 1.85. The number of hydrogen-bond acceptors (Lipinski definition) is 3. The van der Waals surface area contributed by atoms with Gasteiger partial charge >= 0.3 is 0 Å². The molecule has 1 N–H and O–H groups in total. The minimum Gasteiger partial charge on any atom is -0.310 e. The fourth-order valence-electron chi connectivity index (χ4n) is 2.70. The van der Waals surface area contributed by atoms with Gasteiger partial charge in [0.2, 0.25) is 10.0 Å². The molecule has 1 fully saturated rings. The van der Waals surface area contributed by atoms with Crippen molar-refractivity contribution in [2.24, 2.45) is 5.92 Å². The molecular formula is C15H24N2O2S. The summed E-state index contributed by atoms with van der Waals surface area (Å²) in [6, 6.07) is 10.6. The van der Waals surface area contributed by atoms with E-state index in [0.717, 1.165) is 19.4 Å². The molecule has 2 atom stereocenters. The maximum atomic E-state index is 11.6. The second-order valence-corrected chi connectivity index (χ2v) is 7.65. The maximum absolute atomic E-state index is 11.6. The first-order valence-electron chi connectivity index (χ1n) is 7.20. The van der Waals surface area contributed by atoms with E-state index in [4.69, 9.17) is 0 Å². The second kappa shape index (κ2) is 6.70. The molecule has 0 radical (unpaired) electrons. The van der Waals surface area contributed by atoms with Crippen LogP contribution in [-0.2, 0) is 10.0 Å². The SMILES string of the molecule is CC(NCC1CCCN(S(C)(=O)=O)C1)c1ccccc1. The monoisotopic (exact) mass is 296 g/mol. The summed E-state index contributed by atoms with van der Waals surface area (Å²) < 4.78 is 24.8. The molecule has 0 saturated carbocycles. The highest BCUT2D eigenvalue weighted by molar-refractivity contribution is 7.88. The third-order valence-electron chi connectivity index (χ3n) is 3.96. The normalized spacial score (nSPS) is 22.6. The number of nitrogens with one attached hydrogen (secondary N) is 1. The largest absolute Gasteiger partial charge is 0.310 e. The summed E-state index contributed by atoms with van der Waals surface area (Å²) in [4.78, 5) is 0. The van der Waals surface area contributed by atoms with Crippen LogP contribution >= 0.6 is 0 Å². The molecule has 1 aliphatic heterocycles. The van der Waals surface area contributed by atoms with E-state index in [-0.39, 0.29) is 0 Å². The molecule has 2 rings (SSSR count). The summed E-state index contributed by atoms with van der Waals surface area (Å²) in [6.07, 6.45) is 3.36. The van der Waals surface area contributed by atoms with Crippen LogP contribution < -0.4 is 5.32 Å². The Morgan fingerprint density at radius 1 is 1.35 bits per heavy atom. The van der Waals surface area contributed by atoms with Gasteiger partial charge in [0.05, 0.1) is 6.26 Å². The molecule has 20 heavy (non-hydrogen) atoms. The number of hydrogen-bond donors (Lipinski definition) is 1. The Bertz CT molecular complexity index is 516. The first kappa shape index (κ1) is 15.5. The number of benzene rings is 1. The van der Waals surface area contributed by atoms with Crippen molar-refractivity contribution in [1.29, 1.82) is 0 Å². The summed E-state index contributed by atoms with van der Waals surface area (Å²) in [6.45, 7) is 4.32. The van der Waals surface area contributed by atoms with Crippen molar-refractivity contribution in [2.45, 2.75) is 25.8 Å². The van der Waals surface area contributed by atoms with Crippen molar-refractivity contribution in [2.75, 3.05) is 25.9 Å². The summed E-state index contributed by atoms with van der Waals surface area (Å²) in [7, 11) is -3.04. The van der Waals surface area contributed by atoms with E-state index in [1.54, 1.807) is 4.31 Å². The van der Waals surface area contributed by atoms with Crippen LogP contribution in [0.1, 0.15) is 31.4 Å². The summed E-state index contributed by atoms with van der Waals surface area (Å²) in [5.74, 6) is 0.407. The predicted octanol–water partition coefficient (Wildman–Crippen LogP) is 2.01. The summed E-state index contributed by atoms with van der Waals surface area (Å²) in [5.41, 5.74) is 1.27. The van der Waals surface area contributed by atoms with Gasteiger partial charge in [-0.3, -0.25) is 0 Å². The van der Waals surface area contributed by atoms with Crippen LogP contribution in [0.15, 0.2) is 30.3 Å². The van der Waals surface area contributed by atoms with Crippen molar-refractivity contribution in [3.63, 3.8) is 0 Å². The molecule has 0 bridgehead atoms. The molecule has 0 amide bonds. The predicted molar refractivity (Wildman–Crippen MR) is 82.0 cm³/mol. The Hall–Kier alpha value is -0.910. The number of piperidine rings is 1. The van der Waals surface area contributed by atoms with Crippen molar-refractivity contribution < 1.29 is 8.42 Å². The zero-order valence-electron chi connectivity index (χ0n) is 12.2. The van der Waals surface area contributed by atoms with Gasteiger partial charge in [0, 0.05) is 19.1 Å². The molecular weight excluding hydrogens is 272 g/mol. The van der Waals surface area contributed by atoms with Crippen LogP contribution in [0.4, 0.5) is 0 Å². The topological polar surface area (TPSA) is 49.4 Å². The first-order valence-corrected chi connectivity index (χ1v) is 9.05. The molecule has 1 aromatic rings. The van der Waals surface area contributed by atoms with Crippen LogP contribution in [0.2, 0.25) is 0 Å². The molecule has 1 saturated heterocycles. The van der Waals surface area contributed by atoms with E-state index in [9.17, 15) is 8.42 Å². The smallest absolute Gasteiger partial charge is 0.211 e.